The van der Waals surface area contributed by atoms with E-state index >= 15 is 0 Å². The van der Waals surface area contributed by atoms with Crippen molar-refractivity contribution in [2.45, 2.75) is 12.8 Å². The fourth-order valence-corrected chi connectivity index (χ4v) is 4.03. The monoisotopic (exact) mass is 400 g/mol. The molecule has 148 valence electrons. The quantitative estimate of drug-likeness (QED) is 0.704. The van der Waals surface area contributed by atoms with Crippen molar-refractivity contribution < 1.29 is 9.47 Å². The number of rotatable bonds is 5. The normalized spacial score (nSPS) is 15.2. The zero-order valence-corrected chi connectivity index (χ0v) is 16.9. The number of imidazole rings is 1. The Kier molecular flexibility index (Phi) is 5.33. The molecule has 1 aliphatic rings. The highest BCUT2D eigenvalue weighted by Gasteiger charge is 2.19. The van der Waals surface area contributed by atoms with Gasteiger partial charge >= 0.3 is 0 Å². The molecule has 3 heterocycles. The van der Waals surface area contributed by atoms with Crippen molar-refractivity contribution in [2.24, 2.45) is 11.7 Å². The van der Waals surface area contributed by atoms with E-state index in [0.29, 0.717) is 22.4 Å². The maximum atomic E-state index is 6.33. The van der Waals surface area contributed by atoms with Crippen molar-refractivity contribution in [2.75, 3.05) is 38.8 Å². The molecular formula is C21H25ClN4O2. The van der Waals surface area contributed by atoms with Gasteiger partial charge in [-0.1, -0.05) is 11.6 Å². The number of hydrogen-bond acceptors (Lipinski definition) is 5. The first-order valence-electron chi connectivity index (χ1n) is 9.48. The Morgan fingerprint density at radius 2 is 1.89 bits per heavy atom. The summed E-state index contributed by atoms with van der Waals surface area (Å²) in [6, 6.07) is 7.89. The standard InChI is InChI=1S/C21H25ClN4O2/c1-27-19-11-20(28-2)17(22)10-16(19)18-13-26-8-5-15(9-21(26)24-18)25-6-3-14(12-23)4-7-25/h5,8-11,13-14H,3-4,6-7,12,23H2,1-2H3. The van der Waals surface area contributed by atoms with Crippen LogP contribution in [0.3, 0.4) is 0 Å². The fraction of sp³-hybridized carbons (Fsp3) is 0.381. The lowest BCUT2D eigenvalue weighted by Gasteiger charge is -2.33. The minimum absolute atomic E-state index is 0.527. The van der Waals surface area contributed by atoms with Crippen LogP contribution < -0.4 is 20.1 Å². The van der Waals surface area contributed by atoms with Crippen LogP contribution in [0.4, 0.5) is 5.69 Å². The molecule has 7 heteroatoms. The highest BCUT2D eigenvalue weighted by atomic mass is 35.5. The minimum Gasteiger partial charge on any atom is -0.496 e. The lowest BCUT2D eigenvalue weighted by atomic mass is 9.97. The predicted molar refractivity (Wildman–Crippen MR) is 113 cm³/mol. The summed E-state index contributed by atoms with van der Waals surface area (Å²) in [6.45, 7) is 2.85. The van der Waals surface area contributed by atoms with E-state index in [0.717, 1.165) is 49.4 Å². The Hall–Kier alpha value is -2.44. The molecule has 3 aromatic rings. The average molecular weight is 401 g/mol. The van der Waals surface area contributed by atoms with Gasteiger partial charge in [-0.3, -0.25) is 0 Å². The summed E-state index contributed by atoms with van der Waals surface area (Å²) in [7, 11) is 3.22. The van der Waals surface area contributed by atoms with E-state index in [1.54, 1.807) is 20.3 Å². The number of nitrogens with zero attached hydrogens (tertiary/aromatic N) is 3. The molecule has 0 spiro atoms. The third-order valence-electron chi connectivity index (χ3n) is 5.51. The van der Waals surface area contributed by atoms with Gasteiger partial charge in [-0.25, -0.2) is 4.98 Å². The van der Waals surface area contributed by atoms with Crippen LogP contribution in [0.25, 0.3) is 16.9 Å². The van der Waals surface area contributed by atoms with E-state index in [1.165, 1.54) is 5.69 Å². The van der Waals surface area contributed by atoms with Crippen molar-refractivity contribution >= 4 is 22.9 Å². The molecule has 0 unspecified atom stereocenters. The summed E-state index contributed by atoms with van der Waals surface area (Å²) >= 11 is 6.33. The number of pyridine rings is 1. The molecule has 0 radical (unpaired) electrons. The molecule has 1 saturated heterocycles. The van der Waals surface area contributed by atoms with Crippen molar-refractivity contribution in [3.8, 4) is 22.8 Å². The molecular weight excluding hydrogens is 376 g/mol. The molecule has 0 atom stereocenters. The molecule has 2 aromatic heterocycles. The van der Waals surface area contributed by atoms with Crippen LogP contribution in [-0.2, 0) is 0 Å². The van der Waals surface area contributed by atoms with Gasteiger partial charge < -0.3 is 24.5 Å². The highest BCUT2D eigenvalue weighted by molar-refractivity contribution is 6.32. The zero-order valence-electron chi connectivity index (χ0n) is 16.2. The second kappa shape index (κ2) is 7.89. The second-order valence-electron chi connectivity index (χ2n) is 7.13. The third kappa shape index (κ3) is 3.50. The van der Waals surface area contributed by atoms with E-state index < -0.39 is 0 Å². The van der Waals surface area contributed by atoms with Gasteiger partial charge in [0.2, 0.25) is 0 Å². The number of benzene rings is 1. The lowest BCUT2D eigenvalue weighted by Crippen LogP contribution is -2.36. The number of fused-ring (bicyclic) bond motifs is 1. The Labute approximate surface area is 169 Å². The first-order valence-corrected chi connectivity index (χ1v) is 9.86. The van der Waals surface area contributed by atoms with Crippen LogP contribution >= 0.6 is 11.6 Å². The van der Waals surface area contributed by atoms with Crippen LogP contribution in [0.2, 0.25) is 5.02 Å². The van der Waals surface area contributed by atoms with Crippen molar-refractivity contribution in [1.82, 2.24) is 9.38 Å². The van der Waals surface area contributed by atoms with E-state index in [-0.39, 0.29) is 0 Å². The number of anilines is 1. The number of ether oxygens (including phenoxy) is 2. The molecule has 1 aliphatic heterocycles. The Balaban J connectivity index is 1.67. The van der Waals surface area contributed by atoms with E-state index in [4.69, 9.17) is 31.8 Å². The molecule has 0 bridgehead atoms. The summed E-state index contributed by atoms with van der Waals surface area (Å²) in [6.07, 6.45) is 6.32. The summed E-state index contributed by atoms with van der Waals surface area (Å²) in [5, 5.41) is 0.527. The van der Waals surface area contributed by atoms with Gasteiger partial charge in [0, 0.05) is 48.9 Å². The summed E-state index contributed by atoms with van der Waals surface area (Å²) in [5.41, 5.74) is 9.54. The van der Waals surface area contributed by atoms with Gasteiger partial charge in [-0.05, 0) is 37.4 Å². The summed E-state index contributed by atoms with van der Waals surface area (Å²) in [5.74, 6) is 1.90. The summed E-state index contributed by atoms with van der Waals surface area (Å²) < 4.78 is 12.8. The largest absolute Gasteiger partial charge is 0.496 e. The van der Waals surface area contributed by atoms with E-state index in [1.807, 2.05) is 22.9 Å². The van der Waals surface area contributed by atoms with Gasteiger partial charge in [-0.15, -0.1) is 0 Å². The van der Waals surface area contributed by atoms with Gasteiger partial charge in [0.25, 0.3) is 0 Å². The van der Waals surface area contributed by atoms with Gasteiger partial charge in [0.15, 0.2) is 0 Å². The fourth-order valence-electron chi connectivity index (χ4n) is 3.78. The number of piperidine rings is 1. The third-order valence-corrected chi connectivity index (χ3v) is 5.80. The second-order valence-corrected chi connectivity index (χ2v) is 7.54. The maximum Gasteiger partial charge on any atom is 0.141 e. The van der Waals surface area contributed by atoms with Crippen molar-refractivity contribution in [1.29, 1.82) is 0 Å². The molecule has 6 nitrogen and oxygen atoms in total. The number of nitrogens with two attached hydrogens (primary N) is 1. The lowest BCUT2D eigenvalue weighted by molar-refractivity contribution is 0.395. The van der Waals surface area contributed by atoms with Crippen molar-refractivity contribution in [3.63, 3.8) is 0 Å². The molecule has 0 amide bonds. The Morgan fingerprint density at radius 1 is 1.14 bits per heavy atom. The SMILES string of the molecule is COc1cc(OC)c(-c2cn3ccc(N4CCC(CN)CC4)cc3n2)cc1Cl. The molecule has 2 N–H and O–H groups in total. The first kappa shape index (κ1) is 18.9. The Morgan fingerprint density at radius 3 is 2.57 bits per heavy atom. The number of hydrogen-bond donors (Lipinski definition) is 1. The number of aromatic nitrogens is 2. The number of halogens is 1. The van der Waals surface area contributed by atoms with Crippen LogP contribution in [0, 0.1) is 5.92 Å². The Bertz CT molecular complexity index is 980. The van der Waals surface area contributed by atoms with Crippen molar-refractivity contribution in [3.05, 3.63) is 41.7 Å². The molecule has 0 saturated carbocycles. The minimum atomic E-state index is 0.527. The predicted octanol–water partition coefficient (Wildman–Crippen LogP) is 3.85. The molecule has 1 fully saturated rings. The zero-order chi connectivity index (χ0) is 19.7. The van der Waals surface area contributed by atoms with Gasteiger partial charge in [0.05, 0.1) is 24.9 Å². The first-order chi connectivity index (χ1) is 13.6. The van der Waals surface area contributed by atoms with Crippen LogP contribution in [0.15, 0.2) is 36.7 Å². The molecule has 28 heavy (non-hydrogen) atoms. The molecule has 1 aromatic carbocycles. The van der Waals surface area contributed by atoms with E-state index in [9.17, 15) is 0 Å². The maximum absolute atomic E-state index is 6.33. The summed E-state index contributed by atoms with van der Waals surface area (Å²) in [4.78, 5) is 7.22. The van der Waals surface area contributed by atoms with Crippen LogP contribution in [0.1, 0.15) is 12.8 Å². The molecule has 4 rings (SSSR count). The molecule has 0 aliphatic carbocycles. The van der Waals surface area contributed by atoms with Crippen LogP contribution in [0.5, 0.6) is 11.5 Å². The number of methoxy groups -OCH3 is 2. The smallest absolute Gasteiger partial charge is 0.141 e. The van der Waals surface area contributed by atoms with Crippen LogP contribution in [-0.4, -0.2) is 43.2 Å². The highest BCUT2D eigenvalue weighted by Crippen LogP contribution is 2.38. The van der Waals surface area contributed by atoms with E-state index in [2.05, 4.69) is 17.0 Å². The average Bonchev–Trinajstić information content (AvgIpc) is 3.16. The van der Waals surface area contributed by atoms with Gasteiger partial charge in [0.1, 0.15) is 17.1 Å². The van der Waals surface area contributed by atoms with Gasteiger partial charge in [-0.2, -0.15) is 0 Å². The topological polar surface area (TPSA) is 65.0 Å².